The standard InChI is InChI=1S/C7H11N3O3/c1-5-6(4-10(11)12)7(13-3)9(2)8-5/h4H2,1-3H3. The molecular formula is C7H11N3O3. The monoisotopic (exact) mass is 185 g/mol. The summed E-state index contributed by atoms with van der Waals surface area (Å²) in [6.07, 6.45) is 0. The van der Waals surface area contributed by atoms with Gasteiger partial charge in [-0.25, -0.2) is 4.68 Å². The van der Waals surface area contributed by atoms with Crippen LogP contribution in [0.2, 0.25) is 0 Å². The van der Waals surface area contributed by atoms with Gasteiger partial charge in [0.05, 0.1) is 12.8 Å². The Morgan fingerprint density at radius 1 is 1.69 bits per heavy atom. The zero-order valence-corrected chi connectivity index (χ0v) is 7.77. The maximum Gasteiger partial charge on any atom is 0.235 e. The van der Waals surface area contributed by atoms with E-state index in [1.807, 2.05) is 0 Å². The SMILES string of the molecule is COc1c(C[N+](=O)[O-])c(C)nn1C. The Morgan fingerprint density at radius 2 is 2.31 bits per heavy atom. The molecule has 0 aliphatic carbocycles. The fraction of sp³-hybridized carbons (Fsp3) is 0.571. The van der Waals surface area contributed by atoms with Gasteiger partial charge in [0.15, 0.2) is 0 Å². The van der Waals surface area contributed by atoms with E-state index in [4.69, 9.17) is 4.74 Å². The Morgan fingerprint density at radius 3 is 2.77 bits per heavy atom. The Kier molecular flexibility index (Phi) is 2.50. The van der Waals surface area contributed by atoms with Crippen molar-refractivity contribution in [1.82, 2.24) is 9.78 Å². The maximum absolute atomic E-state index is 10.3. The van der Waals surface area contributed by atoms with Crippen molar-refractivity contribution in [2.75, 3.05) is 7.11 Å². The average Bonchev–Trinajstić information content (AvgIpc) is 2.26. The summed E-state index contributed by atoms with van der Waals surface area (Å²) in [5.41, 5.74) is 1.17. The van der Waals surface area contributed by atoms with Crippen molar-refractivity contribution in [3.05, 3.63) is 21.4 Å². The Bertz CT molecular complexity index is 332. The van der Waals surface area contributed by atoms with Gasteiger partial charge in [0.1, 0.15) is 5.56 Å². The van der Waals surface area contributed by atoms with E-state index in [0.717, 1.165) is 0 Å². The fourth-order valence-electron chi connectivity index (χ4n) is 1.25. The lowest BCUT2D eigenvalue weighted by molar-refractivity contribution is -0.497. The molecule has 72 valence electrons. The largest absolute Gasteiger partial charge is 0.481 e. The van der Waals surface area contributed by atoms with Crippen LogP contribution >= 0.6 is 0 Å². The van der Waals surface area contributed by atoms with E-state index in [1.54, 1.807) is 14.0 Å². The van der Waals surface area contributed by atoms with Crippen LogP contribution in [-0.4, -0.2) is 21.8 Å². The molecule has 1 aromatic heterocycles. The molecule has 13 heavy (non-hydrogen) atoms. The fourth-order valence-corrected chi connectivity index (χ4v) is 1.25. The highest BCUT2D eigenvalue weighted by Crippen LogP contribution is 2.21. The van der Waals surface area contributed by atoms with E-state index in [9.17, 15) is 10.1 Å². The van der Waals surface area contributed by atoms with Crippen LogP contribution in [0.25, 0.3) is 0 Å². The molecule has 0 atom stereocenters. The highest BCUT2D eigenvalue weighted by Gasteiger charge is 2.17. The van der Waals surface area contributed by atoms with Crippen LogP contribution in [-0.2, 0) is 13.6 Å². The average molecular weight is 185 g/mol. The Labute approximate surface area is 75.3 Å². The number of rotatable bonds is 3. The lowest BCUT2D eigenvalue weighted by Gasteiger charge is -2.00. The van der Waals surface area contributed by atoms with Crippen molar-refractivity contribution >= 4 is 0 Å². The van der Waals surface area contributed by atoms with E-state index in [2.05, 4.69) is 5.10 Å². The van der Waals surface area contributed by atoms with Crippen LogP contribution < -0.4 is 4.74 Å². The number of aromatic nitrogens is 2. The lowest BCUT2D eigenvalue weighted by Crippen LogP contribution is -2.02. The van der Waals surface area contributed by atoms with Crippen LogP contribution in [0.5, 0.6) is 5.88 Å². The molecule has 0 radical (unpaired) electrons. The minimum absolute atomic E-state index is 0.247. The van der Waals surface area contributed by atoms with Crippen LogP contribution in [0.3, 0.4) is 0 Å². The number of aryl methyl sites for hydroxylation is 2. The van der Waals surface area contributed by atoms with Crippen molar-refractivity contribution in [3.63, 3.8) is 0 Å². The molecule has 0 aliphatic rings. The third kappa shape index (κ3) is 1.77. The van der Waals surface area contributed by atoms with Crippen LogP contribution in [0.15, 0.2) is 0 Å². The van der Waals surface area contributed by atoms with Crippen LogP contribution in [0, 0.1) is 17.0 Å². The molecule has 6 heteroatoms. The molecule has 0 spiro atoms. The molecule has 1 aromatic rings. The maximum atomic E-state index is 10.3. The molecule has 1 rings (SSSR count). The topological polar surface area (TPSA) is 70.2 Å². The third-order valence-electron chi connectivity index (χ3n) is 1.77. The highest BCUT2D eigenvalue weighted by molar-refractivity contribution is 5.29. The minimum atomic E-state index is -0.396. The number of nitro groups is 1. The van der Waals surface area contributed by atoms with Gasteiger partial charge in [0, 0.05) is 12.0 Å². The second kappa shape index (κ2) is 3.42. The highest BCUT2D eigenvalue weighted by atomic mass is 16.6. The molecule has 1 heterocycles. The molecule has 0 amide bonds. The van der Waals surface area contributed by atoms with Crippen molar-refractivity contribution in [2.45, 2.75) is 13.5 Å². The normalized spacial score (nSPS) is 10.1. The summed E-state index contributed by atoms with van der Waals surface area (Å²) in [7, 11) is 3.16. The Balaban J connectivity index is 3.09. The van der Waals surface area contributed by atoms with Gasteiger partial charge in [0.25, 0.3) is 0 Å². The van der Waals surface area contributed by atoms with Gasteiger partial charge >= 0.3 is 0 Å². The second-order valence-corrected chi connectivity index (χ2v) is 2.69. The van der Waals surface area contributed by atoms with E-state index in [0.29, 0.717) is 17.1 Å². The smallest absolute Gasteiger partial charge is 0.235 e. The van der Waals surface area contributed by atoms with E-state index in [-0.39, 0.29) is 6.54 Å². The molecule has 0 N–H and O–H groups in total. The van der Waals surface area contributed by atoms with Gasteiger partial charge in [-0.2, -0.15) is 5.10 Å². The number of nitrogens with zero attached hydrogens (tertiary/aromatic N) is 3. The van der Waals surface area contributed by atoms with Gasteiger partial charge in [-0.05, 0) is 6.92 Å². The van der Waals surface area contributed by atoms with Gasteiger partial charge < -0.3 is 4.74 Å². The first-order chi connectivity index (χ1) is 6.06. The molecule has 6 nitrogen and oxygen atoms in total. The molecular weight excluding hydrogens is 174 g/mol. The molecule has 0 unspecified atom stereocenters. The molecule has 0 aliphatic heterocycles. The van der Waals surface area contributed by atoms with Gasteiger partial charge in [-0.3, -0.25) is 10.1 Å². The summed E-state index contributed by atoms with van der Waals surface area (Å²) in [5, 5.41) is 14.3. The van der Waals surface area contributed by atoms with E-state index >= 15 is 0 Å². The van der Waals surface area contributed by atoms with Crippen molar-refractivity contribution in [1.29, 1.82) is 0 Å². The number of hydrogen-bond donors (Lipinski definition) is 0. The molecule has 0 saturated carbocycles. The van der Waals surface area contributed by atoms with Crippen LogP contribution in [0.1, 0.15) is 11.3 Å². The summed E-state index contributed by atoms with van der Waals surface area (Å²) in [5.74, 6) is 0.453. The molecule has 0 aromatic carbocycles. The summed E-state index contributed by atoms with van der Waals surface area (Å²) in [6.45, 7) is 1.48. The summed E-state index contributed by atoms with van der Waals surface area (Å²) in [6, 6.07) is 0. The zero-order chi connectivity index (χ0) is 10.0. The van der Waals surface area contributed by atoms with Crippen LogP contribution in [0.4, 0.5) is 0 Å². The van der Waals surface area contributed by atoms with Crippen molar-refractivity contribution in [2.24, 2.45) is 7.05 Å². The third-order valence-corrected chi connectivity index (χ3v) is 1.77. The Hall–Kier alpha value is -1.59. The quantitative estimate of drug-likeness (QED) is 0.508. The van der Waals surface area contributed by atoms with Crippen molar-refractivity contribution < 1.29 is 9.66 Å². The van der Waals surface area contributed by atoms with Gasteiger partial charge in [-0.15, -0.1) is 0 Å². The first-order valence-corrected chi connectivity index (χ1v) is 3.74. The predicted octanol–water partition coefficient (Wildman–Crippen LogP) is 0.514. The summed E-state index contributed by atoms with van der Waals surface area (Å²) in [4.78, 5) is 9.92. The molecule has 0 bridgehead atoms. The van der Waals surface area contributed by atoms with Crippen molar-refractivity contribution in [3.8, 4) is 5.88 Å². The van der Waals surface area contributed by atoms with E-state index in [1.165, 1.54) is 11.8 Å². The lowest BCUT2D eigenvalue weighted by atomic mass is 10.2. The number of methoxy groups -OCH3 is 1. The molecule has 0 fully saturated rings. The summed E-state index contributed by atoms with van der Waals surface area (Å²) < 4.78 is 6.49. The molecule has 0 saturated heterocycles. The predicted molar refractivity (Wildman–Crippen MR) is 45.2 cm³/mol. The van der Waals surface area contributed by atoms with Gasteiger partial charge in [0.2, 0.25) is 12.4 Å². The van der Waals surface area contributed by atoms with Gasteiger partial charge in [-0.1, -0.05) is 0 Å². The second-order valence-electron chi connectivity index (χ2n) is 2.69. The number of hydrogen-bond acceptors (Lipinski definition) is 4. The first kappa shape index (κ1) is 9.50. The summed E-state index contributed by atoms with van der Waals surface area (Å²) >= 11 is 0. The zero-order valence-electron chi connectivity index (χ0n) is 7.77. The first-order valence-electron chi connectivity index (χ1n) is 3.74. The van der Waals surface area contributed by atoms with E-state index < -0.39 is 4.92 Å². The minimum Gasteiger partial charge on any atom is -0.481 e. The number of ether oxygens (including phenoxy) is 1.